The first-order valence-electron chi connectivity index (χ1n) is 6.58. The predicted molar refractivity (Wildman–Crippen MR) is 95.2 cm³/mol. The average molecular weight is 409 g/mol. The van der Waals surface area contributed by atoms with Gasteiger partial charge < -0.3 is 10.1 Å². The summed E-state index contributed by atoms with van der Waals surface area (Å²) in [6.45, 7) is 3.04. The molecular weight excluding hydrogens is 393 g/mol. The Bertz CT molecular complexity index is 618. The summed E-state index contributed by atoms with van der Waals surface area (Å²) in [6, 6.07) is 7.81. The minimum Gasteiger partial charge on any atom is -0.495 e. The summed E-state index contributed by atoms with van der Waals surface area (Å²) >= 11 is 17.9. The smallest absolute Gasteiger partial charge is 0.138 e. The fourth-order valence-corrected chi connectivity index (χ4v) is 4.09. The molecular formula is C15H16BrCl2NOS. The first-order valence-corrected chi connectivity index (χ1v) is 8.95. The Kier molecular flexibility index (Phi) is 6.38. The molecule has 0 aliphatic heterocycles. The van der Waals surface area contributed by atoms with Crippen LogP contribution in [0.1, 0.15) is 29.8 Å². The van der Waals surface area contributed by atoms with Gasteiger partial charge in [0.05, 0.1) is 22.0 Å². The molecule has 1 N–H and O–H groups in total. The molecule has 2 nitrogen and oxygen atoms in total. The molecule has 6 heteroatoms. The first-order chi connectivity index (χ1) is 10.1. The molecule has 1 aromatic carbocycles. The molecule has 1 heterocycles. The Balaban J connectivity index is 2.43. The second-order valence-electron chi connectivity index (χ2n) is 4.54. The molecule has 0 aliphatic rings. The van der Waals surface area contributed by atoms with Crippen molar-refractivity contribution in [3.05, 3.63) is 48.5 Å². The summed E-state index contributed by atoms with van der Waals surface area (Å²) in [5, 5.41) is 4.74. The fraction of sp³-hybridized carbons (Fsp3) is 0.333. The van der Waals surface area contributed by atoms with Crippen molar-refractivity contribution in [3.8, 4) is 5.75 Å². The third kappa shape index (κ3) is 4.14. The molecule has 1 unspecified atom stereocenters. The lowest BCUT2D eigenvalue weighted by molar-refractivity contribution is 0.414. The van der Waals surface area contributed by atoms with Crippen LogP contribution in [0.15, 0.2) is 28.1 Å². The summed E-state index contributed by atoms with van der Waals surface area (Å²) in [7, 11) is 1.58. The van der Waals surface area contributed by atoms with Crippen LogP contribution < -0.4 is 10.1 Å². The molecule has 0 saturated carbocycles. The van der Waals surface area contributed by atoms with Crippen LogP contribution in [0.2, 0.25) is 10.0 Å². The van der Waals surface area contributed by atoms with Crippen molar-refractivity contribution < 1.29 is 4.74 Å². The predicted octanol–water partition coefficient (Wildman–Crippen LogP) is 5.92. The van der Waals surface area contributed by atoms with Crippen molar-refractivity contribution in [1.82, 2.24) is 5.32 Å². The lowest BCUT2D eigenvalue weighted by atomic mass is 10.0. The third-order valence-electron chi connectivity index (χ3n) is 3.06. The summed E-state index contributed by atoms with van der Waals surface area (Å²) in [5.41, 5.74) is 0.963. The van der Waals surface area contributed by atoms with Crippen LogP contribution in [0.25, 0.3) is 0 Å². The zero-order chi connectivity index (χ0) is 15.4. The topological polar surface area (TPSA) is 21.3 Å². The highest BCUT2D eigenvalue weighted by Gasteiger charge is 2.20. The van der Waals surface area contributed by atoms with Crippen LogP contribution in [0.3, 0.4) is 0 Å². The molecule has 2 rings (SSSR count). The number of benzene rings is 1. The Labute approximate surface area is 147 Å². The van der Waals surface area contributed by atoms with Crippen molar-refractivity contribution in [1.29, 1.82) is 0 Å². The molecule has 1 atom stereocenters. The monoisotopic (exact) mass is 407 g/mol. The van der Waals surface area contributed by atoms with Crippen LogP contribution in [0, 0.1) is 0 Å². The van der Waals surface area contributed by atoms with Crippen molar-refractivity contribution in [2.75, 3.05) is 13.7 Å². The normalized spacial score (nSPS) is 12.4. The minimum absolute atomic E-state index is 0.0251. The zero-order valence-electron chi connectivity index (χ0n) is 11.8. The van der Waals surface area contributed by atoms with E-state index in [1.54, 1.807) is 24.5 Å². The van der Waals surface area contributed by atoms with Gasteiger partial charge >= 0.3 is 0 Å². The van der Waals surface area contributed by atoms with Crippen molar-refractivity contribution in [2.45, 2.75) is 19.4 Å². The van der Waals surface area contributed by atoms with Crippen molar-refractivity contribution >= 4 is 50.5 Å². The van der Waals surface area contributed by atoms with Crippen molar-refractivity contribution in [3.63, 3.8) is 0 Å². The van der Waals surface area contributed by atoms with Gasteiger partial charge in [-0.2, -0.15) is 0 Å². The molecule has 0 saturated heterocycles. The lowest BCUT2D eigenvalue weighted by Gasteiger charge is -2.20. The number of ether oxygens (including phenoxy) is 1. The number of hydrogen-bond acceptors (Lipinski definition) is 3. The number of nitrogens with one attached hydrogen (secondary N) is 1. The molecule has 0 aliphatic carbocycles. The highest BCUT2D eigenvalue weighted by molar-refractivity contribution is 9.11. The van der Waals surface area contributed by atoms with Gasteiger partial charge in [0, 0.05) is 16.0 Å². The van der Waals surface area contributed by atoms with Crippen LogP contribution in [0.4, 0.5) is 0 Å². The Hall–Kier alpha value is -0.260. The number of rotatable bonds is 6. The van der Waals surface area contributed by atoms with E-state index in [1.807, 2.05) is 12.1 Å². The third-order valence-corrected chi connectivity index (χ3v) is 5.37. The molecule has 21 heavy (non-hydrogen) atoms. The maximum absolute atomic E-state index is 6.42. The van der Waals surface area contributed by atoms with Gasteiger partial charge in [-0.3, -0.25) is 0 Å². The van der Waals surface area contributed by atoms with Gasteiger partial charge in [0.15, 0.2) is 0 Å². The highest BCUT2D eigenvalue weighted by Crippen LogP contribution is 2.38. The maximum atomic E-state index is 6.42. The van der Waals surface area contributed by atoms with E-state index in [-0.39, 0.29) is 6.04 Å². The lowest BCUT2D eigenvalue weighted by Crippen LogP contribution is -2.22. The van der Waals surface area contributed by atoms with Gasteiger partial charge in [0.2, 0.25) is 0 Å². The number of methoxy groups -OCH3 is 1. The van der Waals surface area contributed by atoms with Gasteiger partial charge in [-0.15, -0.1) is 11.3 Å². The molecule has 2 aromatic rings. The summed E-state index contributed by atoms with van der Waals surface area (Å²) in [5.74, 6) is 0.590. The van der Waals surface area contributed by atoms with E-state index >= 15 is 0 Å². The number of thiophene rings is 1. The van der Waals surface area contributed by atoms with E-state index in [1.165, 1.54) is 4.88 Å². The number of hydrogen-bond donors (Lipinski definition) is 1. The van der Waals surface area contributed by atoms with E-state index < -0.39 is 0 Å². The Morgan fingerprint density at radius 1 is 1.29 bits per heavy atom. The van der Waals surface area contributed by atoms with E-state index in [4.69, 9.17) is 27.9 Å². The Morgan fingerprint density at radius 2 is 2.05 bits per heavy atom. The molecule has 0 bridgehead atoms. The molecule has 114 valence electrons. The van der Waals surface area contributed by atoms with Gasteiger partial charge in [0.25, 0.3) is 0 Å². The Morgan fingerprint density at radius 3 is 2.62 bits per heavy atom. The van der Waals surface area contributed by atoms with Crippen LogP contribution >= 0.6 is 50.5 Å². The molecule has 0 amide bonds. The van der Waals surface area contributed by atoms with E-state index in [0.717, 1.165) is 22.3 Å². The maximum Gasteiger partial charge on any atom is 0.138 e. The largest absolute Gasteiger partial charge is 0.495 e. The van der Waals surface area contributed by atoms with Crippen LogP contribution in [0.5, 0.6) is 5.75 Å². The first kappa shape index (κ1) is 17.1. The molecule has 0 spiro atoms. The zero-order valence-corrected chi connectivity index (χ0v) is 15.7. The molecule has 0 fully saturated rings. The van der Waals surface area contributed by atoms with Crippen LogP contribution in [-0.4, -0.2) is 13.7 Å². The molecule has 0 radical (unpaired) electrons. The second-order valence-corrected chi connectivity index (χ2v) is 7.85. The summed E-state index contributed by atoms with van der Waals surface area (Å²) < 4.78 is 6.30. The van der Waals surface area contributed by atoms with Crippen LogP contribution in [-0.2, 0) is 0 Å². The number of halogens is 3. The SMILES string of the molecule is CCCNC(c1ccc(Br)s1)c1cc(Cl)c(OC)cc1Cl. The minimum atomic E-state index is 0.0251. The quantitative estimate of drug-likeness (QED) is 0.640. The highest BCUT2D eigenvalue weighted by atomic mass is 79.9. The van der Waals surface area contributed by atoms with E-state index in [2.05, 4.69) is 34.2 Å². The van der Waals surface area contributed by atoms with Gasteiger partial charge in [0.1, 0.15) is 5.75 Å². The van der Waals surface area contributed by atoms with Gasteiger partial charge in [-0.25, -0.2) is 0 Å². The van der Waals surface area contributed by atoms with E-state index in [9.17, 15) is 0 Å². The summed E-state index contributed by atoms with van der Waals surface area (Å²) in [6.07, 6.45) is 1.05. The second kappa shape index (κ2) is 7.84. The molecule has 1 aromatic heterocycles. The van der Waals surface area contributed by atoms with E-state index in [0.29, 0.717) is 15.8 Å². The average Bonchev–Trinajstić information content (AvgIpc) is 2.89. The standard InChI is InChI=1S/C15H16BrCl2NOS/c1-3-6-19-15(13-4-5-14(16)21-13)9-7-11(18)12(20-2)8-10(9)17/h4-5,7-8,15,19H,3,6H2,1-2H3. The summed E-state index contributed by atoms with van der Waals surface area (Å²) in [4.78, 5) is 1.19. The van der Waals surface area contributed by atoms with Gasteiger partial charge in [-0.05, 0) is 52.7 Å². The van der Waals surface area contributed by atoms with Gasteiger partial charge in [-0.1, -0.05) is 30.1 Å². The van der Waals surface area contributed by atoms with Crippen molar-refractivity contribution in [2.24, 2.45) is 0 Å². The fourth-order valence-electron chi connectivity index (χ4n) is 2.06.